The van der Waals surface area contributed by atoms with E-state index < -0.39 is 5.60 Å². The molecule has 1 nitrogen and oxygen atoms in total. The van der Waals surface area contributed by atoms with Crippen LogP contribution in [0.4, 0.5) is 0 Å². The van der Waals surface area contributed by atoms with Crippen LogP contribution in [0.5, 0.6) is 0 Å². The molecule has 0 heterocycles. The zero-order valence-corrected chi connectivity index (χ0v) is 12.5. The van der Waals surface area contributed by atoms with Crippen LogP contribution in [-0.4, -0.2) is 5.11 Å². The van der Waals surface area contributed by atoms with E-state index in [-0.39, 0.29) is 0 Å². The van der Waals surface area contributed by atoms with E-state index in [9.17, 15) is 5.11 Å². The zero-order valence-electron chi connectivity index (χ0n) is 11.7. The second-order valence-electron chi connectivity index (χ2n) is 4.78. The van der Waals surface area contributed by atoms with E-state index >= 15 is 0 Å². The highest BCUT2D eigenvalue weighted by atomic mass is 35.5. The minimum Gasteiger partial charge on any atom is -0.373 e. The van der Waals surface area contributed by atoms with E-state index in [2.05, 4.69) is 18.4 Å². The number of hydrogen-bond acceptors (Lipinski definition) is 1. The summed E-state index contributed by atoms with van der Waals surface area (Å²) >= 11 is 6.10. The maximum absolute atomic E-state index is 10.9. The first kappa shape index (κ1) is 15.4. The van der Waals surface area contributed by atoms with Crippen molar-refractivity contribution in [1.82, 2.24) is 0 Å². The molecule has 0 aliphatic carbocycles. The molecular weight excluding hydrogens is 280 g/mol. The van der Waals surface area contributed by atoms with Gasteiger partial charge in [-0.25, -0.2) is 0 Å². The molecule has 2 aromatic carbocycles. The Bertz CT molecular complexity index is 667. The molecule has 2 heteroatoms. The number of halogens is 1. The third-order valence-corrected chi connectivity index (χ3v) is 3.57. The highest BCUT2D eigenvalue weighted by Crippen LogP contribution is 2.26. The van der Waals surface area contributed by atoms with E-state index in [1.54, 1.807) is 12.1 Å². The Hall–Kier alpha value is -2.01. The Kier molecular flexibility index (Phi) is 5.22. The smallest absolute Gasteiger partial charge is 0.151 e. The first-order chi connectivity index (χ1) is 10.2. The molecule has 21 heavy (non-hydrogen) atoms. The Morgan fingerprint density at radius 1 is 1.10 bits per heavy atom. The minimum atomic E-state index is -1.20. The van der Waals surface area contributed by atoms with Crippen molar-refractivity contribution in [3.8, 4) is 11.8 Å². The molecule has 0 radical (unpaired) electrons. The van der Waals surface area contributed by atoms with Crippen LogP contribution in [0.1, 0.15) is 24.0 Å². The van der Waals surface area contributed by atoms with Gasteiger partial charge in [0, 0.05) is 5.56 Å². The molecule has 106 valence electrons. The lowest BCUT2D eigenvalue weighted by Crippen LogP contribution is -2.23. The van der Waals surface area contributed by atoms with Crippen LogP contribution < -0.4 is 0 Å². The quantitative estimate of drug-likeness (QED) is 0.648. The van der Waals surface area contributed by atoms with Gasteiger partial charge >= 0.3 is 0 Å². The molecule has 1 atom stereocenters. The molecule has 0 aromatic heterocycles. The Morgan fingerprint density at radius 3 is 2.43 bits per heavy atom. The zero-order chi connectivity index (χ0) is 15.1. The first-order valence-corrected chi connectivity index (χ1v) is 7.20. The van der Waals surface area contributed by atoms with Crippen LogP contribution in [0.3, 0.4) is 0 Å². The van der Waals surface area contributed by atoms with E-state index in [0.717, 1.165) is 5.56 Å². The lowest BCUT2D eigenvalue weighted by Gasteiger charge is -2.22. The molecule has 0 saturated heterocycles. The molecule has 2 aromatic rings. The second kappa shape index (κ2) is 7.13. The van der Waals surface area contributed by atoms with Gasteiger partial charge in [0.25, 0.3) is 0 Å². The van der Waals surface area contributed by atoms with E-state index in [4.69, 9.17) is 11.6 Å². The number of rotatable bonds is 4. The van der Waals surface area contributed by atoms with Gasteiger partial charge in [-0.3, -0.25) is 0 Å². The predicted molar refractivity (Wildman–Crippen MR) is 88.1 cm³/mol. The van der Waals surface area contributed by atoms with Crippen LogP contribution >= 0.6 is 11.6 Å². The van der Waals surface area contributed by atoms with Gasteiger partial charge in [-0.2, -0.15) is 0 Å². The molecule has 2 rings (SSSR count). The summed E-state index contributed by atoms with van der Waals surface area (Å²) in [6, 6.07) is 16.8. The Morgan fingerprint density at radius 2 is 1.76 bits per heavy atom. The van der Waals surface area contributed by atoms with Crippen LogP contribution in [0.2, 0.25) is 5.02 Å². The maximum Gasteiger partial charge on any atom is 0.151 e. The van der Waals surface area contributed by atoms with Crippen molar-refractivity contribution in [2.45, 2.75) is 18.4 Å². The summed E-state index contributed by atoms with van der Waals surface area (Å²) in [5.74, 6) is 5.97. The fourth-order valence-corrected chi connectivity index (χ4v) is 2.22. The fourth-order valence-electron chi connectivity index (χ4n) is 2.04. The SMILES string of the molecule is C=CCCC(O)(C#Cc1ccccc1Cl)c1ccccc1. The monoisotopic (exact) mass is 296 g/mol. The molecule has 1 unspecified atom stereocenters. The summed E-state index contributed by atoms with van der Waals surface area (Å²) in [5.41, 5.74) is 0.299. The molecule has 0 fully saturated rings. The van der Waals surface area contributed by atoms with Crippen molar-refractivity contribution in [1.29, 1.82) is 0 Å². The molecular formula is C19H17ClO. The molecule has 0 amide bonds. The third-order valence-electron chi connectivity index (χ3n) is 3.24. The fraction of sp³-hybridized carbons (Fsp3) is 0.158. The van der Waals surface area contributed by atoms with E-state index in [1.165, 1.54) is 0 Å². The van der Waals surface area contributed by atoms with Crippen LogP contribution in [0.15, 0.2) is 67.3 Å². The summed E-state index contributed by atoms with van der Waals surface area (Å²) in [7, 11) is 0. The highest BCUT2D eigenvalue weighted by Gasteiger charge is 2.25. The average molecular weight is 297 g/mol. The molecule has 1 N–H and O–H groups in total. The van der Waals surface area contributed by atoms with Crippen LogP contribution in [-0.2, 0) is 5.60 Å². The van der Waals surface area contributed by atoms with Crippen molar-refractivity contribution in [3.63, 3.8) is 0 Å². The number of aliphatic hydroxyl groups is 1. The number of hydrogen-bond donors (Lipinski definition) is 1. The molecule has 0 saturated carbocycles. The van der Waals surface area contributed by atoms with Crippen molar-refractivity contribution in [3.05, 3.63) is 83.4 Å². The van der Waals surface area contributed by atoms with Crippen LogP contribution in [0, 0.1) is 11.8 Å². The standard InChI is InChI=1S/C19H17ClO/c1-2-3-14-19(21,17-10-5-4-6-11-17)15-13-16-9-7-8-12-18(16)20/h2,4-12,21H,1,3,14H2. The topological polar surface area (TPSA) is 20.2 Å². The maximum atomic E-state index is 10.9. The summed E-state index contributed by atoms with van der Waals surface area (Å²) in [4.78, 5) is 0. The number of allylic oxidation sites excluding steroid dienone is 1. The van der Waals surface area contributed by atoms with Gasteiger partial charge in [-0.1, -0.05) is 72.0 Å². The summed E-state index contributed by atoms with van der Waals surface area (Å²) in [5, 5.41) is 11.5. The van der Waals surface area contributed by atoms with Gasteiger partial charge in [0.1, 0.15) is 0 Å². The third kappa shape index (κ3) is 3.98. The highest BCUT2D eigenvalue weighted by molar-refractivity contribution is 6.31. The molecule has 0 aliphatic heterocycles. The minimum absolute atomic E-state index is 0.498. The van der Waals surface area contributed by atoms with Crippen molar-refractivity contribution in [2.24, 2.45) is 0 Å². The van der Waals surface area contributed by atoms with Crippen molar-refractivity contribution in [2.75, 3.05) is 0 Å². The van der Waals surface area contributed by atoms with Crippen LogP contribution in [0.25, 0.3) is 0 Å². The van der Waals surface area contributed by atoms with E-state index in [1.807, 2.05) is 48.5 Å². The van der Waals surface area contributed by atoms with Crippen molar-refractivity contribution < 1.29 is 5.11 Å². The van der Waals surface area contributed by atoms with Gasteiger partial charge in [0.05, 0.1) is 5.02 Å². The molecule has 0 spiro atoms. The lowest BCUT2D eigenvalue weighted by atomic mass is 9.89. The summed E-state index contributed by atoms with van der Waals surface area (Å²) in [6.07, 6.45) is 2.96. The second-order valence-corrected chi connectivity index (χ2v) is 5.19. The predicted octanol–water partition coefficient (Wildman–Crippen LogP) is 4.55. The number of benzene rings is 2. The van der Waals surface area contributed by atoms with Gasteiger partial charge in [0.15, 0.2) is 5.60 Å². The first-order valence-electron chi connectivity index (χ1n) is 6.82. The molecule has 0 bridgehead atoms. The van der Waals surface area contributed by atoms with Gasteiger partial charge < -0.3 is 5.11 Å². The Labute approximate surface area is 130 Å². The van der Waals surface area contributed by atoms with Crippen molar-refractivity contribution >= 4 is 11.6 Å². The van der Waals surface area contributed by atoms with Gasteiger partial charge in [-0.15, -0.1) is 6.58 Å². The Balaban J connectivity index is 2.38. The normalized spacial score (nSPS) is 12.9. The van der Waals surface area contributed by atoms with Gasteiger partial charge in [0.2, 0.25) is 0 Å². The lowest BCUT2D eigenvalue weighted by molar-refractivity contribution is 0.0914. The molecule has 0 aliphatic rings. The largest absolute Gasteiger partial charge is 0.373 e. The summed E-state index contributed by atoms with van der Waals surface area (Å²) in [6.45, 7) is 3.71. The average Bonchev–Trinajstić information content (AvgIpc) is 2.53. The van der Waals surface area contributed by atoms with E-state index in [0.29, 0.717) is 23.4 Å². The van der Waals surface area contributed by atoms with Gasteiger partial charge in [-0.05, 0) is 30.5 Å². The summed E-state index contributed by atoms with van der Waals surface area (Å²) < 4.78 is 0.